The third-order valence-electron chi connectivity index (χ3n) is 4.85. The molecule has 0 nitrogen and oxygen atoms in total. The Morgan fingerprint density at radius 3 is 1.19 bits per heavy atom. The quantitative estimate of drug-likeness (QED) is 0.237. The molecular formula is C21H44. The van der Waals surface area contributed by atoms with Gasteiger partial charge in [0.15, 0.2) is 0 Å². The fourth-order valence-electron chi connectivity index (χ4n) is 3.21. The molecule has 0 rings (SSSR count). The predicted molar refractivity (Wildman–Crippen MR) is 99.0 cm³/mol. The Labute approximate surface area is 136 Å². The molecule has 0 heterocycles. The van der Waals surface area contributed by atoms with Crippen LogP contribution >= 0.6 is 0 Å². The molecular weight excluding hydrogens is 252 g/mol. The highest BCUT2D eigenvalue weighted by atomic mass is 14.1. The van der Waals surface area contributed by atoms with Gasteiger partial charge in [0.2, 0.25) is 0 Å². The maximum atomic E-state index is 2.44. The highest BCUT2D eigenvalue weighted by Gasteiger charge is 2.01. The van der Waals surface area contributed by atoms with Gasteiger partial charge in [-0.15, -0.1) is 0 Å². The second-order valence-corrected chi connectivity index (χ2v) is 7.28. The number of unbranched alkanes of at least 4 members (excludes halogenated alkanes) is 13. The maximum Gasteiger partial charge on any atom is -0.0443 e. The zero-order chi connectivity index (χ0) is 15.6. The highest BCUT2D eigenvalue weighted by molar-refractivity contribution is 4.54. The van der Waals surface area contributed by atoms with E-state index in [0.717, 1.165) is 5.92 Å². The van der Waals surface area contributed by atoms with E-state index < -0.39 is 0 Å². The summed E-state index contributed by atoms with van der Waals surface area (Å²) < 4.78 is 0. The minimum absolute atomic E-state index is 0.970. The molecule has 1 atom stereocenters. The van der Waals surface area contributed by atoms with E-state index in [-0.39, 0.29) is 0 Å². The first kappa shape index (κ1) is 21.0. The van der Waals surface area contributed by atoms with E-state index >= 15 is 0 Å². The molecule has 0 amide bonds. The fraction of sp³-hybridized carbons (Fsp3) is 1.00. The minimum Gasteiger partial charge on any atom is -0.0654 e. The zero-order valence-corrected chi connectivity index (χ0v) is 15.6. The average molecular weight is 297 g/mol. The van der Waals surface area contributed by atoms with Crippen LogP contribution < -0.4 is 0 Å². The van der Waals surface area contributed by atoms with E-state index in [2.05, 4.69) is 20.8 Å². The molecule has 0 aliphatic carbocycles. The summed E-state index contributed by atoms with van der Waals surface area (Å²) in [4.78, 5) is 0. The highest BCUT2D eigenvalue weighted by Crippen LogP contribution is 2.17. The van der Waals surface area contributed by atoms with Crippen molar-refractivity contribution in [3.8, 4) is 0 Å². The first-order chi connectivity index (χ1) is 10.3. The Hall–Kier alpha value is 0. The first-order valence-corrected chi connectivity index (χ1v) is 10.3. The van der Waals surface area contributed by atoms with E-state index in [0.29, 0.717) is 0 Å². The van der Waals surface area contributed by atoms with E-state index in [4.69, 9.17) is 0 Å². The molecule has 0 aliphatic rings. The summed E-state index contributed by atoms with van der Waals surface area (Å²) in [6, 6.07) is 0. The van der Waals surface area contributed by atoms with Gasteiger partial charge in [0.25, 0.3) is 0 Å². The molecule has 128 valence electrons. The molecule has 1 unspecified atom stereocenters. The Morgan fingerprint density at radius 2 is 0.762 bits per heavy atom. The Kier molecular flexibility index (Phi) is 18.1. The largest absolute Gasteiger partial charge is 0.0654 e. The van der Waals surface area contributed by atoms with Crippen molar-refractivity contribution in [2.45, 2.75) is 130 Å². The van der Waals surface area contributed by atoms with Crippen LogP contribution in [0.3, 0.4) is 0 Å². The Bertz CT molecular complexity index is 173. The molecule has 0 radical (unpaired) electrons. The summed E-state index contributed by atoms with van der Waals surface area (Å²) >= 11 is 0. The maximum absolute atomic E-state index is 2.44. The van der Waals surface area contributed by atoms with Gasteiger partial charge in [-0.05, 0) is 5.92 Å². The minimum atomic E-state index is 0.970. The molecule has 0 N–H and O–H groups in total. The monoisotopic (exact) mass is 296 g/mol. The van der Waals surface area contributed by atoms with Gasteiger partial charge in [-0.2, -0.15) is 0 Å². The van der Waals surface area contributed by atoms with Crippen LogP contribution in [0.1, 0.15) is 130 Å². The van der Waals surface area contributed by atoms with Crippen LogP contribution in [0.4, 0.5) is 0 Å². The molecule has 0 bridgehead atoms. The van der Waals surface area contributed by atoms with Crippen LogP contribution in [0.5, 0.6) is 0 Å². The van der Waals surface area contributed by atoms with E-state index in [9.17, 15) is 0 Å². The zero-order valence-electron chi connectivity index (χ0n) is 15.6. The lowest BCUT2D eigenvalue weighted by molar-refractivity contribution is 0.440. The van der Waals surface area contributed by atoms with Crippen LogP contribution in [0.25, 0.3) is 0 Å². The van der Waals surface area contributed by atoms with Gasteiger partial charge in [-0.1, -0.05) is 130 Å². The summed E-state index contributed by atoms with van der Waals surface area (Å²) in [6.07, 6.45) is 24.8. The molecule has 0 aromatic carbocycles. The van der Waals surface area contributed by atoms with E-state index in [1.165, 1.54) is 109 Å². The summed E-state index contributed by atoms with van der Waals surface area (Å²) in [7, 11) is 0. The van der Waals surface area contributed by atoms with Crippen molar-refractivity contribution >= 4 is 0 Å². The topological polar surface area (TPSA) is 0 Å². The van der Waals surface area contributed by atoms with Crippen molar-refractivity contribution < 1.29 is 0 Å². The molecule has 0 aliphatic heterocycles. The van der Waals surface area contributed by atoms with Crippen LogP contribution in [-0.2, 0) is 0 Å². The van der Waals surface area contributed by atoms with Crippen LogP contribution in [-0.4, -0.2) is 0 Å². The smallest absolute Gasteiger partial charge is 0.0443 e. The second-order valence-electron chi connectivity index (χ2n) is 7.28. The van der Waals surface area contributed by atoms with Gasteiger partial charge in [-0.25, -0.2) is 0 Å². The van der Waals surface area contributed by atoms with Crippen molar-refractivity contribution in [3.05, 3.63) is 0 Å². The molecule has 0 spiro atoms. The predicted octanol–water partition coefficient (Wildman–Crippen LogP) is 8.29. The number of hydrogen-bond acceptors (Lipinski definition) is 0. The molecule has 0 saturated carbocycles. The van der Waals surface area contributed by atoms with E-state index in [1.807, 2.05) is 0 Å². The third kappa shape index (κ3) is 18.0. The molecule has 0 aromatic heterocycles. The second kappa shape index (κ2) is 18.1. The lowest BCUT2D eigenvalue weighted by atomic mass is 9.97. The lowest BCUT2D eigenvalue weighted by Crippen LogP contribution is -1.94. The third-order valence-corrected chi connectivity index (χ3v) is 4.85. The molecule has 0 heteroatoms. The van der Waals surface area contributed by atoms with Crippen LogP contribution in [0.2, 0.25) is 0 Å². The summed E-state index contributed by atoms with van der Waals surface area (Å²) in [5.74, 6) is 0.970. The van der Waals surface area contributed by atoms with Gasteiger partial charge >= 0.3 is 0 Å². The fourth-order valence-corrected chi connectivity index (χ4v) is 3.21. The van der Waals surface area contributed by atoms with Gasteiger partial charge in [0.05, 0.1) is 0 Å². The van der Waals surface area contributed by atoms with Crippen molar-refractivity contribution in [2.75, 3.05) is 0 Å². The van der Waals surface area contributed by atoms with Crippen molar-refractivity contribution in [2.24, 2.45) is 5.92 Å². The van der Waals surface area contributed by atoms with Crippen LogP contribution in [0.15, 0.2) is 0 Å². The summed E-state index contributed by atoms with van der Waals surface area (Å²) in [6.45, 7) is 7.04. The standard InChI is InChI=1S/C21H44/c1-4-6-8-9-10-11-12-13-14-15-16-17-18-20-21(3)19-7-5-2/h21H,4-20H2,1-3H3. The van der Waals surface area contributed by atoms with Crippen molar-refractivity contribution in [1.82, 2.24) is 0 Å². The van der Waals surface area contributed by atoms with Crippen molar-refractivity contribution in [3.63, 3.8) is 0 Å². The normalized spacial score (nSPS) is 12.7. The summed E-state index contributed by atoms with van der Waals surface area (Å²) in [5.41, 5.74) is 0. The van der Waals surface area contributed by atoms with Crippen LogP contribution in [0, 0.1) is 5.92 Å². The lowest BCUT2D eigenvalue weighted by Gasteiger charge is -2.10. The number of hydrogen-bond donors (Lipinski definition) is 0. The summed E-state index contributed by atoms with van der Waals surface area (Å²) in [5, 5.41) is 0. The van der Waals surface area contributed by atoms with Gasteiger partial charge in [0, 0.05) is 0 Å². The number of rotatable bonds is 17. The molecule has 21 heavy (non-hydrogen) atoms. The van der Waals surface area contributed by atoms with E-state index in [1.54, 1.807) is 0 Å². The molecule has 0 saturated heterocycles. The average Bonchev–Trinajstić information content (AvgIpc) is 2.49. The molecule has 0 aromatic rings. The first-order valence-electron chi connectivity index (χ1n) is 10.3. The SMILES string of the molecule is CCCCCCCCCCCCCCCC(C)CCCC. The Morgan fingerprint density at radius 1 is 0.429 bits per heavy atom. The molecule has 0 fully saturated rings. The van der Waals surface area contributed by atoms with Crippen molar-refractivity contribution in [1.29, 1.82) is 0 Å². The Balaban J connectivity index is 3.02. The van der Waals surface area contributed by atoms with Gasteiger partial charge < -0.3 is 0 Å². The van der Waals surface area contributed by atoms with Gasteiger partial charge in [-0.3, -0.25) is 0 Å². The van der Waals surface area contributed by atoms with Gasteiger partial charge in [0.1, 0.15) is 0 Å².